The molecule has 0 aromatic carbocycles. The quantitative estimate of drug-likeness (QED) is 0.0151. The van der Waals surface area contributed by atoms with Gasteiger partial charge < -0.3 is 30.3 Å². The summed E-state index contributed by atoms with van der Waals surface area (Å²) in [6, 6.07) is 0. The van der Waals surface area contributed by atoms with E-state index in [1.807, 2.05) is 43.4 Å². The number of allylic oxidation sites excluding steroid dienone is 8. The average molecular weight is 852 g/mol. The number of phosphoric ester groups is 1. The van der Waals surface area contributed by atoms with E-state index in [1.165, 1.54) is 83.5 Å². The molecule has 0 saturated heterocycles. The Hall–Kier alpha value is -2.63. The lowest BCUT2D eigenvalue weighted by Crippen LogP contribution is -2.29. The van der Waals surface area contributed by atoms with E-state index in [-0.39, 0.29) is 32.6 Å². The first kappa shape index (κ1) is 56.4. The van der Waals surface area contributed by atoms with E-state index >= 15 is 0 Å². The number of hydrogen-bond donors (Lipinski definition) is 4. The zero-order chi connectivity index (χ0) is 43.5. The summed E-state index contributed by atoms with van der Waals surface area (Å²) >= 11 is 0. The minimum absolute atomic E-state index is 0.0214. The maximum Gasteiger partial charge on any atom is 0.472 e. The summed E-state index contributed by atoms with van der Waals surface area (Å²) in [6.07, 6.45) is 44.4. The van der Waals surface area contributed by atoms with Crippen LogP contribution in [0, 0.1) is 0 Å². The van der Waals surface area contributed by atoms with Gasteiger partial charge in [0.1, 0.15) is 6.61 Å². The number of hydrogen-bond acceptors (Lipinski definition) is 10. The fraction of sp³-hybridized carbons (Fsp3) is 0.702. The van der Waals surface area contributed by atoms with Crippen molar-refractivity contribution < 1.29 is 47.8 Å². The topological polar surface area (TPSA) is 175 Å². The lowest BCUT2D eigenvalue weighted by atomic mass is 10.0. The molecule has 1 unspecified atom stereocenters. The van der Waals surface area contributed by atoms with Gasteiger partial charge in [-0.05, 0) is 38.5 Å². The SMILES string of the molecule is CC/C=C\C[C@H](O)/C=C/C=C\C=C\[C@H](O)C/C=C\C/C=C\CCC(=O)O[C@H](COC(=O)CCCCCCCCCCCCCCCCCCC)COP(=O)(O)OCCN. The van der Waals surface area contributed by atoms with Crippen LogP contribution in [0.4, 0.5) is 0 Å². The van der Waals surface area contributed by atoms with Gasteiger partial charge in [-0.2, -0.15) is 0 Å². The van der Waals surface area contributed by atoms with Crippen molar-refractivity contribution in [3.63, 3.8) is 0 Å². The van der Waals surface area contributed by atoms with Crippen molar-refractivity contribution >= 4 is 19.8 Å². The second kappa shape index (κ2) is 42.1. The summed E-state index contributed by atoms with van der Waals surface area (Å²) in [4.78, 5) is 34.9. The second-order valence-corrected chi connectivity index (χ2v) is 16.4. The van der Waals surface area contributed by atoms with E-state index in [2.05, 4.69) is 6.92 Å². The van der Waals surface area contributed by atoms with Crippen LogP contribution in [0.3, 0.4) is 0 Å². The minimum atomic E-state index is -4.43. The molecule has 0 aliphatic carbocycles. The Bertz CT molecular complexity index is 1230. The zero-order valence-electron chi connectivity index (χ0n) is 36.7. The molecule has 340 valence electrons. The van der Waals surface area contributed by atoms with Crippen LogP contribution >= 0.6 is 7.82 Å². The van der Waals surface area contributed by atoms with Gasteiger partial charge in [-0.15, -0.1) is 0 Å². The van der Waals surface area contributed by atoms with Gasteiger partial charge in [0, 0.05) is 19.4 Å². The van der Waals surface area contributed by atoms with Crippen LogP contribution in [0.5, 0.6) is 0 Å². The normalized spacial score (nSPS) is 15.0. The van der Waals surface area contributed by atoms with Gasteiger partial charge in [0.05, 0.1) is 25.4 Å². The highest BCUT2D eigenvalue weighted by Gasteiger charge is 2.25. The highest BCUT2D eigenvalue weighted by Crippen LogP contribution is 2.43. The van der Waals surface area contributed by atoms with E-state index < -0.39 is 44.7 Å². The molecule has 0 aliphatic heterocycles. The Morgan fingerprint density at radius 2 is 1.12 bits per heavy atom. The van der Waals surface area contributed by atoms with Gasteiger partial charge in [-0.25, -0.2) is 4.57 Å². The number of ether oxygens (including phenoxy) is 2. The van der Waals surface area contributed by atoms with Crippen LogP contribution in [0.25, 0.3) is 0 Å². The number of nitrogens with two attached hydrogens (primary N) is 1. The number of carbonyl (C=O) groups is 2. The molecule has 0 fully saturated rings. The van der Waals surface area contributed by atoms with Crippen molar-refractivity contribution in [3.8, 4) is 0 Å². The Labute approximate surface area is 357 Å². The molecule has 0 aliphatic rings. The highest BCUT2D eigenvalue weighted by molar-refractivity contribution is 7.47. The number of rotatable bonds is 41. The predicted octanol–water partition coefficient (Wildman–Crippen LogP) is 11.0. The van der Waals surface area contributed by atoms with Crippen LogP contribution in [-0.4, -0.2) is 71.7 Å². The van der Waals surface area contributed by atoms with Crippen molar-refractivity contribution in [3.05, 3.63) is 72.9 Å². The van der Waals surface area contributed by atoms with E-state index in [0.29, 0.717) is 32.1 Å². The largest absolute Gasteiger partial charge is 0.472 e. The molecule has 4 atom stereocenters. The first-order valence-electron chi connectivity index (χ1n) is 22.6. The number of unbranched alkanes of at least 4 members (excludes halogenated alkanes) is 16. The van der Waals surface area contributed by atoms with Gasteiger partial charge in [0.2, 0.25) is 0 Å². The minimum Gasteiger partial charge on any atom is -0.462 e. The second-order valence-electron chi connectivity index (χ2n) is 14.9. The molecular formula is C47H82NO10P. The van der Waals surface area contributed by atoms with Gasteiger partial charge in [-0.1, -0.05) is 189 Å². The number of aliphatic hydroxyl groups excluding tert-OH is 2. The van der Waals surface area contributed by atoms with Crippen molar-refractivity contribution in [1.82, 2.24) is 0 Å². The predicted molar refractivity (Wildman–Crippen MR) is 241 cm³/mol. The molecule has 0 saturated carbocycles. The van der Waals surface area contributed by atoms with E-state index in [4.69, 9.17) is 24.3 Å². The number of esters is 2. The van der Waals surface area contributed by atoms with Gasteiger partial charge in [0.25, 0.3) is 0 Å². The molecule has 0 aromatic heterocycles. The fourth-order valence-corrected chi connectivity index (χ4v) is 6.66. The van der Waals surface area contributed by atoms with Crippen LogP contribution in [-0.2, 0) is 32.7 Å². The van der Waals surface area contributed by atoms with Crippen LogP contribution in [0.1, 0.15) is 168 Å². The van der Waals surface area contributed by atoms with Gasteiger partial charge >= 0.3 is 19.8 Å². The summed E-state index contributed by atoms with van der Waals surface area (Å²) in [5.41, 5.74) is 5.34. The van der Waals surface area contributed by atoms with Crippen molar-refractivity contribution in [2.45, 2.75) is 186 Å². The lowest BCUT2D eigenvalue weighted by molar-refractivity contribution is -0.161. The maximum absolute atomic E-state index is 12.6. The Balaban J connectivity index is 4.37. The summed E-state index contributed by atoms with van der Waals surface area (Å²) in [7, 11) is -4.43. The monoisotopic (exact) mass is 852 g/mol. The third-order valence-electron chi connectivity index (χ3n) is 9.29. The standard InChI is InChI=1S/C47H82NO10P/c1-3-5-7-8-9-10-11-12-13-14-15-16-17-18-19-23-31-37-46(51)55-41-45(42-57-59(53,54)56-40-39-48)58-47(52)38-32-24-21-20-22-28-34-44(50)36-30-26-25-29-35-43(49)33-27-6-4-2/h6,21-22,24-30,35-36,43-45,49-50H,3-5,7-20,23,31-34,37-42,48H2,1-2H3,(H,53,54)/b24-21-,26-25-,27-6-,28-22-,35-29+,36-30+/t43-,44+,45+/m0/s1. The Kier molecular flexibility index (Phi) is 40.2. The Morgan fingerprint density at radius 1 is 0.610 bits per heavy atom. The zero-order valence-corrected chi connectivity index (χ0v) is 37.6. The van der Waals surface area contributed by atoms with Gasteiger partial charge in [0.15, 0.2) is 6.10 Å². The Morgan fingerprint density at radius 3 is 1.64 bits per heavy atom. The summed E-state index contributed by atoms with van der Waals surface area (Å²) in [5, 5.41) is 20.0. The summed E-state index contributed by atoms with van der Waals surface area (Å²) < 4.78 is 32.7. The molecular weight excluding hydrogens is 769 g/mol. The molecule has 0 spiro atoms. The lowest BCUT2D eigenvalue weighted by Gasteiger charge is -2.19. The summed E-state index contributed by atoms with van der Waals surface area (Å²) in [6.45, 7) is 3.34. The smallest absolute Gasteiger partial charge is 0.462 e. The molecule has 5 N–H and O–H groups in total. The van der Waals surface area contributed by atoms with E-state index in [9.17, 15) is 29.3 Å². The summed E-state index contributed by atoms with van der Waals surface area (Å²) in [5.74, 6) is -0.996. The first-order valence-corrected chi connectivity index (χ1v) is 24.1. The molecule has 11 nitrogen and oxygen atoms in total. The molecule has 0 radical (unpaired) electrons. The van der Waals surface area contributed by atoms with Crippen molar-refractivity contribution in [2.75, 3.05) is 26.4 Å². The van der Waals surface area contributed by atoms with E-state index in [1.54, 1.807) is 36.5 Å². The molecule has 12 heteroatoms. The number of phosphoric acid groups is 1. The third kappa shape index (κ3) is 41.9. The molecule has 0 amide bonds. The highest BCUT2D eigenvalue weighted by atomic mass is 31.2. The molecule has 0 aromatic rings. The van der Waals surface area contributed by atoms with Crippen LogP contribution in [0.15, 0.2) is 72.9 Å². The fourth-order valence-electron chi connectivity index (χ4n) is 5.89. The van der Waals surface area contributed by atoms with Crippen LogP contribution < -0.4 is 5.73 Å². The van der Waals surface area contributed by atoms with Crippen LogP contribution in [0.2, 0.25) is 0 Å². The number of carbonyl (C=O) groups excluding carboxylic acids is 2. The number of aliphatic hydroxyl groups is 2. The first-order chi connectivity index (χ1) is 28.6. The average Bonchev–Trinajstić information content (AvgIpc) is 3.21. The van der Waals surface area contributed by atoms with Crippen molar-refractivity contribution in [2.24, 2.45) is 5.73 Å². The molecule has 0 bridgehead atoms. The van der Waals surface area contributed by atoms with Crippen molar-refractivity contribution in [1.29, 1.82) is 0 Å². The molecule has 0 rings (SSSR count). The van der Waals surface area contributed by atoms with E-state index in [0.717, 1.165) is 25.7 Å². The maximum atomic E-state index is 12.6. The molecule has 0 heterocycles. The molecule has 59 heavy (non-hydrogen) atoms. The van der Waals surface area contributed by atoms with Gasteiger partial charge in [-0.3, -0.25) is 18.6 Å². The third-order valence-corrected chi connectivity index (χ3v) is 10.3.